The highest BCUT2D eigenvalue weighted by atomic mass is 32.2. The number of aliphatic imine (C=N–C) groups is 1. The summed E-state index contributed by atoms with van der Waals surface area (Å²) in [6, 6.07) is 8.53. The maximum Gasteiger partial charge on any atom is 0.281 e. The second-order valence-corrected chi connectivity index (χ2v) is 13.7. The molecule has 188 valence electrons. The zero-order valence-electron chi connectivity index (χ0n) is 19.7. The van der Waals surface area contributed by atoms with Crippen LogP contribution in [0.25, 0.3) is 0 Å². The van der Waals surface area contributed by atoms with Crippen molar-refractivity contribution in [2.45, 2.75) is 22.7 Å². The molecule has 0 radical (unpaired) electrons. The molecule has 12 heteroatoms. The van der Waals surface area contributed by atoms with E-state index in [1.807, 2.05) is 6.07 Å². The fraction of sp³-hybridized carbons (Fsp3) is 0.478. The molecule has 1 aromatic heterocycles. The van der Waals surface area contributed by atoms with E-state index in [0.29, 0.717) is 23.1 Å². The van der Waals surface area contributed by atoms with Crippen LogP contribution in [-0.4, -0.2) is 91.0 Å². The van der Waals surface area contributed by atoms with Gasteiger partial charge < -0.3 is 14.6 Å². The molecule has 1 aromatic carbocycles. The van der Waals surface area contributed by atoms with E-state index >= 15 is 0 Å². The lowest BCUT2D eigenvalue weighted by atomic mass is 10.1. The number of anilines is 2. The van der Waals surface area contributed by atoms with Crippen LogP contribution in [0, 0.1) is 0 Å². The molecular weight excluding hydrogens is 506 g/mol. The molecule has 3 aliphatic heterocycles. The molecule has 5 rings (SSSR count). The number of aromatic nitrogens is 1. The topological polar surface area (TPSA) is 110 Å². The maximum atomic E-state index is 13.3. The minimum Gasteiger partial charge on any atom is -0.616 e. The SMILES string of the molecule is COc1cc2c(c(N(C)S(=O)(=O)c3ccccn3)c1)NC(C1=NCC(CN3CC[S+]([O-])CC3)S1)C2. The standard InChI is InChI=1S/C23H29N5O4S3/c1-27(35(30,31)21-5-3-4-6-24-21)20-13-17(32-2)11-16-12-19(26-22(16)20)23-25-14-18(33-23)15-28-7-9-34(29)10-8-28/h3-6,11,13,18-19,26H,7-10,12,14-15H2,1-2H3. The number of ether oxygens (including phenoxy) is 1. The van der Waals surface area contributed by atoms with Crippen LogP contribution < -0.4 is 14.4 Å². The quantitative estimate of drug-likeness (QED) is 0.535. The first kappa shape index (κ1) is 24.7. The maximum absolute atomic E-state index is 13.3. The predicted octanol–water partition coefficient (Wildman–Crippen LogP) is 1.83. The van der Waals surface area contributed by atoms with Gasteiger partial charge in [0, 0.05) is 50.6 Å². The highest BCUT2D eigenvalue weighted by Gasteiger charge is 2.35. The summed E-state index contributed by atoms with van der Waals surface area (Å²) in [5.74, 6) is 2.11. The van der Waals surface area contributed by atoms with Crippen LogP contribution in [0.15, 0.2) is 46.5 Å². The van der Waals surface area contributed by atoms with Gasteiger partial charge in [0.2, 0.25) is 0 Å². The number of rotatable bonds is 7. The van der Waals surface area contributed by atoms with Crippen molar-refractivity contribution in [1.29, 1.82) is 0 Å². The van der Waals surface area contributed by atoms with Gasteiger partial charge in [0.1, 0.15) is 17.3 Å². The lowest BCUT2D eigenvalue weighted by Crippen LogP contribution is -2.43. The Labute approximate surface area is 213 Å². The second kappa shape index (κ2) is 10.2. The molecule has 0 spiro atoms. The highest BCUT2D eigenvalue weighted by Crippen LogP contribution is 2.42. The first-order valence-electron chi connectivity index (χ1n) is 11.5. The molecule has 4 heterocycles. The summed E-state index contributed by atoms with van der Waals surface area (Å²) < 4.78 is 44.9. The summed E-state index contributed by atoms with van der Waals surface area (Å²) in [5, 5.41) is 4.96. The number of nitrogens with one attached hydrogen (secondary N) is 1. The van der Waals surface area contributed by atoms with E-state index in [1.165, 1.54) is 23.6 Å². The summed E-state index contributed by atoms with van der Waals surface area (Å²) >= 11 is 1.12. The fourth-order valence-electron chi connectivity index (χ4n) is 4.59. The third-order valence-corrected chi connectivity index (χ3v) is 10.8. The van der Waals surface area contributed by atoms with Crippen molar-refractivity contribution in [2.24, 2.45) is 4.99 Å². The van der Waals surface area contributed by atoms with Gasteiger partial charge >= 0.3 is 0 Å². The predicted molar refractivity (Wildman–Crippen MR) is 142 cm³/mol. The summed E-state index contributed by atoms with van der Waals surface area (Å²) in [4.78, 5) is 11.3. The molecule has 0 saturated carbocycles. The van der Waals surface area contributed by atoms with Gasteiger partial charge in [-0.15, -0.1) is 11.8 Å². The van der Waals surface area contributed by atoms with Crippen molar-refractivity contribution in [3.63, 3.8) is 0 Å². The van der Waals surface area contributed by atoms with Gasteiger partial charge in [-0.25, -0.2) is 4.98 Å². The van der Waals surface area contributed by atoms with Crippen molar-refractivity contribution in [1.82, 2.24) is 9.88 Å². The van der Waals surface area contributed by atoms with Gasteiger partial charge in [0.05, 0.1) is 36.1 Å². The Hall–Kier alpha value is -1.99. The van der Waals surface area contributed by atoms with Gasteiger partial charge in [0.15, 0.2) is 5.03 Å². The molecule has 0 aliphatic carbocycles. The Bertz CT molecular complexity index is 1200. The van der Waals surface area contributed by atoms with E-state index in [9.17, 15) is 13.0 Å². The Balaban J connectivity index is 1.32. The number of benzene rings is 1. The Morgan fingerprint density at radius 3 is 2.83 bits per heavy atom. The van der Waals surface area contributed by atoms with E-state index in [4.69, 9.17) is 9.73 Å². The lowest BCUT2D eigenvalue weighted by Gasteiger charge is -2.29. The lowest BCUT2D eigenvalue weighted by molar-refractivity contribution is 0.298. The molecule has 1 N–H and O–H groups in total. The average molecular weight is 536 g/mol. The first-order chi connectivity index (χ1) is 16.8. The molecule has 0 amide bonds. The molecule has 2 aromatic rings. The molecule has 3 aliphatic rings. The van der Waals surface area contributed by atoms with Gasteiger partial charge in [-0.3, -0.25) is 14.2 Å². The first-order valence-corrected chi connectivity index (χ1v) is 15.3. The van der Waals surface area contributed by atoms with E-state index in [0.717, 1.165) is 54.0 Å². The van der Waals surface area contributed by atoms with Crippen LogP contribution in [-0.2, 0) is 27.6 Å². The van der Waals surface area contributed by atoms with Crippen molar-refractivity contribution in [2.75, 3.05) is 61.5 Å². The molecule has 1 fully saturated rings. The zero-order valence-corrected chi connectivity index (χ0v) is 22.2. The largest absolute Gasteiger partial charge is 0.616 e. The minimum atomic E-state index is -3.84. The number of hydrogen-bond acceptors (Lipinski definition) is 9. The number of nitrogens with zero attached hydrogens (tertiary/aromatic N) is 4. The highest BCUT2D eigenvalue weighted by molar-refractivity contribution is 8.15. The molecule has 2 unspecified atom stereocenters. The van der Waals surface area contributed by atoms with Crippen LogP contribution in [0.1, 0.15) is 5.56 Å². The number of fused-ring (bicyclic) bond motifs is 1. The third kappa shape index (κ3) is 5.12. The van der Waals surface area contributed by atoms with Crippen molar-refractivity contribution in [3.8, 4) is 5.75 Å². The summed E-state index contributed by atoms with van der Waals surface area (Å²) in [5.41, 5.74) is 2.30. The smallest absolute Gasteiger partial charge is 0.281 e. The van der Waals surface area contributed by atoms with Crippen molar-refractivity contribution >= 4 is 49.4 Å². The van der Waals surface area contributed by atoms with E-state index in [-0.39, 0.29) is 11.1 Å². The number of pyridine rings is 1. The van der Waals surface area contributed by atoms with Gasteiger partial charge in [-0.2, -0.15) is 8.42 Å². The molecule has 35 heavy (non-hydrogen) atoms. The van der Waals surface area contributed by atoms with Crippen LogP contribution in [0.3, 0.4) is 0 Å². The van der Waals surface area contributed by atoms with Gasteiger partial charge in [-0.05, 0) is 23.8 Å². The van der Waals surface area contributed by atoms with Crippen LogP contribution in [0.2, 0.25) is 0 Å². The summed E-state index contributed by atoms with van der Waals surface area (Å²) in [6.45, 7) is 3.47. The van der Waals surface area contributed by atoms with E-state index in [1.54, 1.807) is 37.1 Å². The van der Waals surface area contributed by atoms with E-state index in [2.05, 4.69) is 15.2 Å². The molecular formula is C23H29N5O4S3. The number of thioether (sulfide) groups is 1. The molecule has 1 saturated heterocycles. The van der Waals surface area contributed by atoms with E-state index < -0.39 is 21.2 Å². The van der Waals surface area contributed by atoms with Crippen LogP contribution in [0.5, 0.6) is 5.75 Å². The average Bonchev–Trinajstić information content (AvgIpc) is 3.52. The Kier molecular flexibility index (Phi) is 7.18. The van der Waals surface area contributed by atoms with Crippen LogP contribution in [0.4, 0.5) is 11.4 Å². The van der Waals surface area contributed by atoms with Gasteiger partial charge in [-0.1, -0.05) is 17.2 Å². The number of methoxy groups -OCH3 is 1. The Morgan fingerprint density at radius 1 is 1.31 bits per heavy atom. The van der Waals surface area contributed by atoms with Crippen molar-refractivity contribution in [3.05, 3.63) is 42.1 Å². The monoisotopic (exact) mass is 535 g/mol. The Morgan fingerprint density at radius 2 is 2.11 bits per heavy atom. The third-order valence-electron chi connectivity index (χ3n) is 6.52. The van der Waals surface area contributed by atoms with Gasteiger partial charge in [0.25, 0.3) is 10.0 Å². The summed E-state index contributed by atoms with van der Waals surface area (Å²) in [6.07, 6.45) is 2.18. The molecule has 9 nitrogen and oxygen atoms in total. The summed E-state index contributed by atoms with van der Waals surface area (Å²) in [7, 11) is -0.721. The zero-order chi connectivity index (χ0) is 24.6. The number of hydrogen-bond donors (Lipinski definition) is 1. The van der Waals surface area contributed by atoms with Crippen LogP contribution >= 0.6 is 11.8 Å². The molecule has 2 atom stereocenters. The minimum absolute atomic E-state index is 0.00581. The van der Waals surface area contributed by atoms with Crippen molar-refractivity contribution < 1.29 is 17.7 Å². The fourth-order valence-corrected chi connectivity index (χ4v) is 8.07. The normalized spacial score (nSPS) is 23.0. The molecule has 0 bridgehead atoms. The number of sulfonamides is 1. The second-order valence-electron chi connectivity index (χ2n) is 8.79.